The van der Waals surface area contributed by atoms with E-state index in [1.807, 2.05) is 0 Å². The summed E-state index contributed by atoms with van der Waals surface area (Å²) in [5.74, 6) is -0.191. The third-order valence-corrected chi connectivity index (χ3v) is 2.68. The van der Waals surface area contributed by atoms with E-state index in [9.17, 15) is 13.2 Å². The highest BCUT2D eigenvalue weighted by Gasteiger charge is 2.33. The lowest BCUT2D eigenvalue weighted by Crippen LogP contribution is -2.18. The number of hydrogen-bond acceptors (Lipinski definition) is 3. The maximum absolute atomic E-state index is 12.1. The van der Waals surface area contributed by atoms with E-state index in [0.29, 0.717) is 3.70 Å². The molecule has 1 aromatic heterocycles. The quantitative estimate of drug-likeness (QED) is 0.433. The third kappa shape index (κ3) is 3.65. The van der Waals surface area contributed by atoms with Crippen LogP contribution in [0.15, 0.2) is 6.07 Å². The molecule has 0 bridgehead atoms. The number of hydrogen-bond donors (Lipinski definition) is 0. The van der Waals surface area contributed by atoms with Crippen LogP contribution in [0.5, 0.6) is 11.6 Å². The van der Waals surface area contributed by atoms with Crippen LogP contribution < -0.4 is 9.47 Å². The first-order valence-corrected chi connectivity index (χ1v) is 6.12. The maximum atomic E-state index is 12.1. The monoisotopic (exact) mass is 411 g/mol. The van der Waals surface area contributed by atoms with Crippen LogP contribution in [-0.2, 0) is 5.33 Å². The first kappa shape index (κ1) is 13.8. The first-order valence-electron chi connectivity index (χ1n) is 3.92. The summed E-state index contributed by atoms with van der Waals surface area (Å²) in [6.07, 6.45) is -4.73. The van der Waals surface area contributed by atoms with Gasteiger partial charge in [-0.2, -0.15) is 0 Å². The van der Waals surface area contributed by atoms with Crippen molar-refractivity contribution in [2.75, 3.05) is 7.11 Å². The second kappa shape index (κ2) is 5.39. The van der Waals surface area contributed by atoms with Crippen LogP contribution in [-0.4, -0.2) is 18.5 Å². The SMILES string of the molecule is COc1nc(I)cc(OC(F)(F)F)c1CBr. The molecule has 3 nitrogen and oxygen atoms in total. The molecule has 0 saturated heterocycles. The summed E-state index contributed by atoms with van der Waals surface area (Å²) in [6.45, 7) is 0. The van der Waals surface area contributed by atoms with Gasteiger partial charge in [0.1, 0.15) is 9.45 Å². The van der Waals surface area contributed by atoms with Crippen molar-refractivity contribution in [3.63, 3.8) is 0 Å². The summed E-state index contributed by atoms with van der Waals surface area (Å²) in [5, 5.41) is 0.158. The summed E-state index contributed by atoms with van der Waals surface area (Å²) in [5.41, 5.74) is 0.222. The summed E-state index contributed by atoms with van der Waals surface area (Å²) in [4.78, 5) is 3.94. The lowest BCUT2D eigenvalue weighted by Gasteiger charge is -2.14. The number of aromatic nitrogens is 1. The van der Waals surface area contributed by atoms with Gasteiger partial charge in [0.15, 0.2) is 0 Å². The molecule has 16 heavy (non-hydrogen) atoms. The van der Waals surface area contributed by atoms with E-state index in [-0.39, 0.29) is 22.5 Å². The van der Waals surface area contributed by atoms with Crippen molar-refractivity contribution in [3.05, 3.63) is 15.3 Å². The first-order chi connectivity index (χ1) is 7.37. The summed E-state index contributed by atoms with van der Waals surface area (Å²) in [6, 6.07) is 1.20. The van der Waals surface area contributed by atoms with Crippen molar-refractivity contribution >= 4 is 38.5 Å². The molecule has 0 saturated carbocycles. The van der Waals surface area contributed by atoms with E-state index in [2.05, 4.69) is 25.7 Å². The molecular weight excluding hydrogens is 406 g/mol. The number of pyridine rings is 1. The predicted octanol–water partition coefficient (Wildman–Crippen LogP) is 3.49. The van der Waals surface area contributed by atoms with Crippen LogP contribution in [0, 0.1) is 3.70 Å². The Morgan fingerprint density at radius 3 is 2.56 bits per heavy atom. The van der Waals surface area contributed by atoms with Crippen LogP contribution in [0.1, 0.15) is 5.56 Å². The van der Waals surface area contributed by atoms with Crippen LogP contribution >= 0.6 is 38.5 Å². The number of halogens is 5. The number of nitrogens with zero attached hydrogens (tertiary/aromatic N) is 1. The molecule has 0 N–H and O–H groups in total. The van der Waals surface area contributed by atoms with Crippen LogP contribution in [0.2, 0.25) is 0 Å². The number of ether oxygens (including phenoxy) is 2. The molecule has 90 valence electrons. The molecule has 0 aromatic carbocycles. The van der Waals surface area contributed by atoms with Gasteiger partial charge in [0.25, 0.3) is 0 Å². The van der Waals surface area contributed by atoms with Crippen molar-refractivity contribution in [1.82, 2.24) is 4.98 Å². The fraction of sp³-hybridized carbons (Fsp3) is 0.375. The summed E-state index contributed by atoms with van der Waals surface area (Å²) < 4.78 is 45.5. The number of alkyl halides is 4. The second-order valence-corrected chi connectivity index (χ2v) is 4.28. The molecule has 1 heterocycles. The van der Waals surface area contributed by atoms with Crippen LogP contribution in [0.25, 0.3) is 0 Å². The molecule has 0 spiro atoms. The van der Waals surface area contributed by atoms with Gasteiger partial charge in [-0.1, -0.05) is 15.9 Å². The maximum Gasteiger partial charge on any atom is 0.573 e. The minimum absolute atomic E-state index is 0.114. The van der Waals surface area contributed by atoms with Crippen LogP contribution in [0.4, 0.5) is 13.2 Å². The van der Waals surface area contributed by atoms with Gasteiger partial charge in [0.05, 0.1) is 12.7 Å². The highest BCUT2D eigenvalue weighted by Crippen LogP contribution is 2.33. The number of rotatable bonds is 3. The highest BCUT2D eigenvalue weighted by atomic mass is 127. The zero-order valence-electron chi connectivity index (χ0n) is 7.94. The van der Waals surface area contributed by atoms with E-state index in [1.165, 1.54) is 13.2 Å². The Bertz CT molecular complexity index is 386. The van der Waals surface area contributed by atoms with E-state index in [1.54, 1.807) is 22.6 Å². The van der Waals surface area contributed by atoms with Crippen LogP contribution in [0.3, 0.4) is 0 Å². The fourth-order valence-corrected chi connectivity index (χ4v) is 2.02. The van der Waals surface area contributed by atoms with E-state index < -0.39 is 6.36 Å². The van der Waals surface area contributed by atoms with Gasteiger partial charge in [-0.15, -0.1) is 13.2 Å². The molecule has 0 fully saturated rings. The molecule has 0 atom stereocenters. The van der Waals surface area contributed by atoms with Crippen molar-refractivity contribution in [3.8, 4) is 11.6 Å². The van der Waals surface area contributed by atoms with E-state index in [4.69, 9.17) is 4.74 Å². The zero-order chi connectivity index (χ0) is 12.3. The van der Waals surface area contributed by atoms with Crippen molar-refractivity contribution < 1.29 is 22.6 Å². The van der Waals surface area contributed by atoms with Crippen molar-refractivity contribution in [1.29, 1.82) is 0 Å². The Balaban J connectivity index is 3.20. The lowest BCUT2D eigenvalue weighted by molar-refractivity contribution is -0.274. The smallest absolute Gasteiger partial charge is 0.481 e. The second-order valence-electron chi connectivity index (χ2n) is 2.61. The summed E-state index contributed by atoms with van der Waals surface area (Å²) in [7, 11) is 1.34. The minimum Gasteiger partial charge on any atom is -0.481 e. The molecule has 8 heteroatoms. The van der Waals surface area contributed by atoms with Gasteiger partial charge < -0.3 is 9.47 Å². The Morgan fingerprint density at radius 1 is 1.50 bits per heavy atom. The van der Waals surface area contributed by atoms with Gasteiger partial charge in [-0.25, -0.2) is 4.98 Å². The molecule has 0 amide bonds. The molecule has 0 unspecified atom stereocenters. The Hall–Kier alpha value is -0.250. The number of methoxy groups -OCH3 is 1. The minimum atomic E-state index is -4.73. The van der Waals surface area contributed by atoms with Gasteiger partial charge in [0, 0.05) is 11.4 Å². The Labute approximate surface area is 112 Å². The van der Waals surface area contributed by atoms with E-state index >= 15 is 0 Å². The highest BCUT2D eigenvalue weighted by molar-refractivity contribution is 14.1. The van der Waals surface area contributed by atoms with E-state index in [0.717, 1.165) is 0 Å². The average molecular weight is 412 g/mol. The normalized spacial score (nSPS) is 11.4. The van der Waals surface area contributed by atoms with Gasteiger partial charge in [0.2, 0.25) is 5.88 Å². The fourth-order valence-electron chi connectivity index (χ4n) is 1.01. The molecule has 0 aliphatic carbocycles. The zero-order valence-corrected chi connectivity index (χ0v) is 11.7. The standard InChI is InChI=1S/C8H6BrF3INO2/c1-15-7-4(3-9)5(2-6(13)14-7)16-8(10,11)12/h2H,3H2,1H3. The molecule has 0 aliphatic rings. The molecular formula is C8H6BrF3INO2. The molecule has 1 aromatic rings. The topological polar surface area (TPSA) is 31.4 Å². The Kier molecular flexibility index (Phi) is 4.65. The predicted molar refractivity (Wildman–Crippen MR) is 62.8 cm³/mol. The van der Waals surface area contributed by atoms with Crippen molar-refractivity contribution in [2.45, 2.75) is 11.7 Å². The molecule has 0 radical (unpaired) electrons. The largest absolute Gasteiger partial charge is 0.573 e. The van der Waals surface area contributed by atoms with Gasteiger partial charge in [-0.05, 0) is 22.6 Å². The van der Waals surface area contributed by atoms with Crippen molar-refractivity contribution in [2.24, 2.45) is 0 Å². The average Bonchev–Trinajstić information content (AvgIpc) is 2.14. The third-order valence-electron chi connectivity index (χ3n) is 1.57. The summed E-state index contributed by atoms with van der Waals surface area (Å²) >= 11 is 4.85. The van der Waals surface area contributed by atoms with Gasteiger partial charge in [-0.3, -0.25) is 0 Å². The van der Waals surface area contributed by atoms with Gasteiger partial charge >= 0.3 is 6.36 Å². The molecule has 1 rings (SSSR count). The lowest BCUT2D eigenvalue weighted by atomic mass is 10.3. The molecule has 0 aliphatic heterocycles. The Morgan fingerprint density at radius 2 is 2.12 bits per heavy atom.